The summed E-state index contributed by atoms with van der Waals surface area (Å²) < 4.78 is 6.18. The summed E-state index contributed by atoms with van der Waals surface area (Å²) in [5.74, 6) is -0.720. The molecule has 0 saturated heterocycles. The molecule has 0 aliphatic rings. The Morgan fingerprint density at radius 2 is 2.28 bits per heavy atom. The van der Waals surface area contributed by atoms with Crippen LogP contribution in [-0.2, 0) is 0 Å². The van der Waals surface area contributed by atoms with Crippen molar-refractivity contribution in [2.75, 3.05) is 0 Å². The Morgan fingerprint density at radius 1 is 1.44 bits per heavy atom. The Kier molecular flexibility index (Phi) is 2.27. The number of aromatic nitrogens is 4. The van der Waals surface area contributed by atoms with Crippen LogP contribution in [0.4, 0.5) is 0 Å². The van der Waals surface area contributed by atoms with E-state index in [4.69, 9.17) is 21.2 Å². The minimum absolute atomic E-state index is 0.0389. The first-order valence-electron chi connectivity index (χ1n) is 4.85. The number of aromatic carboxylic acids is 1. The van der Waals surface area contributed by atoms with Crippen LogP contribution in [0.2, 0.25) is 5.02 Å². The molecule has 0 fully saturated rings. The van der Waals surface area contributed by atoms with Gasteiger partial charge in [0.2, 0.25) is 0 Å². The number of nitrogens with zero attached hydrogens (tertiary/aromatic N) is 4. The molecule has 0 unspecified atom stereocenters. The first kappa shape index (κ1) is 10.7. The van der Waals surface area contributed by atoms with Crippen LogP contribution in [0.25, 0.3) is 17.2 Å². The maximum Gasteiger partial charge on any atom is 0.337 e. The highest BCUT2D eigenvalue weighted by Crippen LogP contribution is 2.22. The van der Waals surface area contributed by atoms with E-state index in [1.54, 1.807) is 6.07 Å². The van der Waals surface area contributed by atoms with Gasteiger partial charge in [-0.25, -0.2) is 4.79 Å². The van der Waals surface area contributed by atoms with E-state index in [0.717, 1.165) is 0 Å². The number of carbonyl (C=O) groups is 1. The van der Waals surface area contributed by atoms with Crippen LogP contribution < -0.4 is 0 Å². The van der Waals surface area contributed by atoms with Crippen molar-refractivity contribution in [3.8, 4) is 11.5 Å². The third-order valence-electron chi connectivity index (χ3n) is 2.37. The summed E-state index contributed by atoms with van der Waals surface area (Å²) in [7, 11) is 0. The van der Waals surface area contributed by atoms with Crippen molar-refractivity contribution in [2.24, 2.45) is 0 Å². The molecule has 0 aliphatic heterocycles. The van der Waals surface area contributed by atoms with Gasteiger partial charge in [-0.2, -0.15) is 0 Å². The molecule has 7 nitrogen and oxygen atoms in total. The summed E-state index contributed by atoms with van der Waals surface area (Å²) in [5, 5.41) is 20.7. The lowest BCUT2D eigenvalue weighted by Crippen LogP contribution is -2.00. The van der Waals surface area contributed by atoms with Crippen molar-refractivity contribution < 1.29 is 14.4 Å². The predicted octanol–water partition coefficient (Wildman–Crippen LogP) is 1.74. The number of hydrogen-bond acceptors (Lipinski definition) is 5. The molecule has 0 saturated carbocycles. The molecule has 3 rings (SSSR count). The summed E-state index contributed by atoms with van der Waals surface area (Å²) in [6.07, 6.45) is 2.77. The van der Waals surface area contributed by atoms with Crippen LogP contribution in [0, 0.1) is 0 Å². The van der Waals surface area contributed by atoms with Crippen molar-refractivity contribution in [3.63, 3.8) is 0 Å². The van der Waals surface area contributed by atoms with E-state index in [0.29, 0.717) is 17.2 Å². The number of rotatable bonds is 2. The van der Waals surface area contributed by atoms with Crippen LogP contribution in [0.1, 0.15) is 10.4 Å². The third-order valence-corrected chi connectivity index (χ3v) is 2.65. The molecule has 0 atom stereocenters. The Morgan fingerprint density at radius 3 is 2.94 bits per heavy atom. The fourth-order valence-electron chi connectivity index (χ4n) is 1.57. The first-order chi connectivity index (χ1) is 8.66. The number of carboxylic acid groups (broad SMARTS) is 1. The topological polar surface area (TPSA) is 93.5 Å². The van der Waals surface area contributed by atoms with E-state index in [1.165, 1.54) is 22.9 Å². The molecule has 0 aromatic carbocycles. The normalized spacial score (nSPS) is 10.9. The third kappa shape index (κ3) is 1.52. The predicted molar refractivity (Wildman–Crippen MR) is 60.5 cm³/mol. The maximum absolute atomic E-state index is 11.0. The van der Waals surface area contributed by atoms with Gasteiger partial charge in [-0.15, -0.1) is 10.2 Å². The first-order valence-corrected chi connectivity index (χ1v) is 5.23. The lowest BCUT2D eigenvalue weighted by Gasteiger charge is -2.00. The second-order valence-electron chi connectivity index (χ2n) is 3.48. The smallest absolute Gasteiger partial charge is 0.337 e. The molecule has 8 heteroatoms. The lowest BCUT2D eigenvalue weighted by atomic mass is 10.3. The quantitative estimate of drug-likeness (QED) is 0.758. The minimum atomic E-state index is -1.08. The van der Waals surface area contributed by atoms with Crippen LogP contribution >= 0.6 is 11.6 Å². The number of fused-ring (bicyclic) bond motifs is 1. The van der Waals surface area contributed by atoms with Gasteiger partial charge in [0.05, 0.1) is 10.6 Å². The molecule has 0 radical (unpaired) electrons. The van der Waals surface area contributed by atoms with Crippen molar-refractivity contribution in [3.05, 3.63) is 35.2 Å². The fraction of sp³-hybridized carbons (Fsp3) is 0. The van der Waals surface area contributed by atoms with Gasteiger partial charge in [0.1, 0.15) is 6.26 Å². The number of pyridine rings is 1. The molecular formula is C10H5ClN4O3. The van der Waals surface area contributed by atoms with E-state index >= 15 is 0 Å². The van der Waals surface area contributed by atoms with Crippen LogP contribution in [0.5, 0.6) is 0 Å². The Labute approximate surface area is 105 Å². The monoisotopic (exact) mass is 264 g/mol. The van der Waals surface area contributed by atoms with E-state index in [2.05, 4.69) is 15.4 Å². The highest BCUT2D eigenvalue weighted by molar-refractivity contribution is 6.33. The van der Waals surface area contributed by atoms with Crippen molar-refractivity contribution in [1.82, 2.24) is 19.8 Å². The molecule has 3 aromatic rings. The maximum atomic E-state index is 11.0. The summed E-state index contributed by atoms with van der Waals surface area (Å²) in [5.41, 5.74) is 0.845. The van der Waals surface area contributed by atoms with Gasteiger partial charge in [-0.3, -0.25) is 4.40 Å². The second-order valence-corrected chi connectivity index (χ2v) is 3.89. The van der Waals surface area contributed by atoms with Gasteiger partial charge in [0, 0.05) is 12.3 Å². The highest BCUT2D eigenvalue weighted by atomic mass is 35.5. The number of halogens is 1. The van der Waals surface area contributed by atoms with Crippen LogP contribution in [-0.4, -0.2) is 30.8 Å². The molecule has 0 aliphatic carbocycles. The van der Waals surface area contributed by atoms with Gasteiger partial charge in [-0.05, 0) is 6.07 Å². The van der Waals surface area contributed by atoms with Gasteiger partial charge in [0.25, 0.3) is 0 Å². The van der Waals surface area contributed by atoms with Gasteiger partial charge >= 0.3 is 5.97 Å². The van der Waals surface area contributed by atoms with Crippen LogP contribution in [0.3, 0.4) is 0 Å². The molecule has 18 heavy (non-hydrogen) atoms. The van der Waals surface area contributed by atoms with E-state index in [-0.39, 0.29) is 10.6 Å². The Balaban J connectivity index is 2.32. The number of carboxylic acids is 1. The minimum Gasteiger partial charge on any atom is -0.478 e. The van der Waals surface area contributed by atoms with Gasteiger partial charge in [0.15, 0.2) is 17.2 Å². The highest BCUT2D eigenvalue weighted by Gasteiger charge is 2.15. The van der Waals surface area contributed by atoms with Gasteiger partial charge < -0.3 is 9.63 Å². The molecule has 3 aromatic heterocycles. The molecule has 90 valence electrons. The molecular weight excluding hydrogens is 260 g/mol. The SMILES string of the molecule is O=C(O)c1cc(Cl)c2nnc(-c3ccon3)n2c1. The zero-order valence-electron chi connectivity index (χ0n) is 8.74. The fourth-order valence-corrected chi connectivity index (χ4v) is 1.82. The average molecular weight is 265 g/mol. The van der Waals surface area contributed by atoms with Crippen molar-refractivity contribution in [2.45, 2.75) is 0 Å². The Hall–Kier alpha value is -2.41. The zero-order chi connectivity index (χ0) is 12.7. The largest absolute Gasteiger partial charge is 0.478 e. The molecule has 0 bridgehead atoms. The lowest BCUT2D eigenvalue weighted by molar-refractivity contribution is 0.0696. The van der Waals surface area contributed by atoms with Crippen molar-refractivity contribution in [1.29, 1.82) is 0 Å². The van der Waals surface area contributed by atoms with E-state index < -0.39 is 5.97 Å². The second kappa shape index (κ2) is 3.81. The molecule has 0 spiro atoms. The summed E-state index contributed by atoms with van der Waals surface area (Å²) in [4.78, 5) is 11.0. The summed E-state index contributed by atoms with van der Waals surface area (Å²) >= 11 is 5.95. The molecule has 3 heterocycles. The number of hydrogen-bond donors (Lipinski definition) is 1. The summed E-state index contributed by atoms with van der Waals surface area (Å²) in [6, 6.07) is 2.91. The summed E-state index contributed by atoms with van der Waals surface area (Å²) in [6.45, 7) is 0. The molecule has 1 N–H and O–H groups in total. The zero-order valence-corrected chi connectivity index (χ0v) is 9.50. The standard InChI is InChI=1S/C10H5ClN4O3/c11-6-3-5(10(16)17)4-15-8(6)12-13-9(15)7-1-2-18-14-7/h1-4H,(H,16,17). The van der Waals surface area contributed by atoms with Gasteiger partial charge in [-0.1, -0.05) is 16.8 Å². The van der Waals surface area contributed by atoms with Crippen molar-refractivity contribution >= 4 is 23.2 Å². The van der Waals surface area contributed by atoms with E-state index in [1.807, 2.05) is 0 Å². The molecule has 0 amide bonds. The Bertz CT molecular complexity index is 735. The van der Waals surface area contributed by atoms with Crippen LogP contribution in [0.15, 0.2) is 29.1 Å². The average Bonchev–Trinajstić information content (AvgIpc) is 2.96. The van der Waals surface area contributed by atoms with E-state index in [9.17, 15) is 4.79 Å².